The van der Waals surface area contributed by atoms with Gasteiger partial charge in [-0.15, -0.1) is 0 Å². The largest absolute Gasteiger partial charge is 0.496 e. The molecule has 0 aliphatic carbocycles. The van der Waals surface area contributed by atoms with Crippen LogP contribution in [0.3, 0.4) is 0 Å². The summed E-state index contributed by atoms with van der Waals surface area (Å²) in [6.07, 6.45) is 0. The number of hydrogen-bond donors (Lipinski definition) is 2. The zero-order valence-electron chi connectivity index (χ0n) is 14.8. The van der Waals surface area contributed by atoms with Gasteiger partial charge in [-0.05, 0) is 58.2 Å². The number of amides is 2. The summed E-state index contributed by atoms with van der Waals surface area (Å²) >= 11 is 3.32. The van der Waals surface area contributed by atoms with Crippen molar-refractivity contribution in [2.45, 2.75) is 13.8 Å². The molecule has 0 unspecified atom stereocenters. The molecule has 0 heterocycles. The van der Waals surface area contributed by atoms with Crippen molar-refractivity contribution in [3.05, 3.63) is 58.1 Å². The smallest absolute Gasteiger partial charge is 0.269 e. The second-order valence-corrected chi connectivity index (χ2v) is 6.84. The Balaban J connectivity index is 1.96. The third-order valence-electron chi connectivity index (χ3n) is 3.38. The highest BCUT2D eigenvalue weighted by Gasteiger charge is 2.12. The van der Waals surface area contributed by atoms with Gasteiger partial charge in [-0.3, -0.25) is 20.4 Å². The Labute approximate surface area is 161 Å². The second kappa shape index (κ2) is 9.24. The number of hydrazine groups is 1. The number of nitrogens with one attached hydrogen (secondary N) is 2. The topological polar surface area (TPSA) is 76.7 Å². The van der Waals surface area contributed by atoms with Crippen LogP contribution in [0.4, 0.5) is 0 Å². The molecule has 26 heavy (non-hydrogen) atoms. The molecule has 0 spiro atoms. The Morgan fingerprint density at radius 3 is 2.27 bits per heavy atom. The lowest BCUT2D eigenvalue weighted by molar-refractivity contribution is 0.0846. The molecule has 6 nitrogen and oxygen atoms in total. The van der Waals surface area contributed by atoms with Crippen LogP contribution in [0, 0.1) is 5.92 Å². The zero-order chi connectivity index (χ0) is 19.1. The molecule has 2 N–H and O–H groups in total. The predicted octanol–water partition coefficient (Wildman–Crippen LogP) is 3.57. The average molecular weight is 421 g/mol. The van der Waals surface area contributed by atoms with Gasteiger partial charge in [0, 0.05) is 11.1 Å². The number of carbonyl (C=O) groups excluding carboxylic acids is 2. The molecule has 0 bridgehead atoms. The van der Waals surface area contributed by atoms with Crippen LogP contribution in [0.15, 0.2) is 46.9 Å². The maximum Gasteiger partial charge on any atom is 0.269 e. The minimum atomic E-state index is -0.436. The highest BCUT2D eigenvalue weighted by atomic mass is 79.9. The normalized spacial score (nSPS) is 10.3. The summed E-state index contributed by atoms with van der Waals surface area (Å²) in [5.41, 5.74) is 5.56. The first-order valence-electron chi connectivity index (χ1n) is 8.07. The van der Waals surface area contributed by atoms with Gasteiger partial charge in [0.2, 0.25) is 0 Å². The van der Waals surface area contributed by atoms with Gasteiger partial charge >= 0.3 is 0 Å². The molecule has 0 saturated heterocycles. The van der Waals surface area contributed by atoms with E-state index in [4.69, 9.17) is 9.47 Å². The number of methoxy groups -OCH3 is 1. The summed E-state index contributed by atoms with van der Waals surface area (Å²) in [5, 5.41) is 0. The lowest BCUT2D eigenvalue weighted by Gasteiger charge is -2.11. The number of carbonyl (C=O) groups is 2. The van der Waals surface area contributed by atoms with E-state index in [1.54, 1.807) is 49.6 Å². The number of hydrogen-bond acceptors (Lipinski definition) is 4. The minimum absolute atomic E-state index is 0.381. The number of benzene rings is 2. The van der Waals surface area contributed by atoms with Crippen molar-refractivity contribution in [1.29, 1.82) is 0 Å². The Morgan fingerprint density at radius 1 is 1.04 bits per heavy atom. The van der Waals surface area contributed by atoms with Gasteiger partial charge in [0.05, 0.1) is 18.2 Å². The van der Waals surface area contributed by atoms with E-state index in [9.17, 15) is 9.59 Å². The lowest BCUT2D eigenvalue weighted by atomic mass is 10.2. The van der Waals surface area contributed by atoms with Crippen molar-refractivity contribution >= 4 is 27.7 Å². The van der Waals surface area contributed by atoms with Crippen molar-refractivity contribution in [3.63, 3.8) is 0 Å². The molecular weight excluding hydrogens is 400 g/mol. The molecule has 0 aliphatic heterocycles. The molecule has 2 aromatic carbocycles. The van der Waals surface area contributed by atoms with E-state index in [0.717, 1.165) is 0 Å². The Bertz CT molecular complexity index is 793. The maximum atomic E-state index is 12.2. The fraction of sp³-hybridized carbons (Fsp3) is 0.263. The fourth-order valence-electron chi connectivity index (χ4n) is 2.06. The van der Waals surface area contributed by atoms with Crippen molar-refractivity contribution in [2.24, 2.45) is 5.92 Å². The van der Waals surface area contributed by atoms with Crippen LogP contribution >= 0.6 is 15.9 Å². The van der Waals surface area contributed by atoms with Crippen molar-refractivity contribution in [3.8, 4) is 11.5 Å². The van der Waals surface area contributed by atoms with E-state index in [0.29, 0.717) is 39.6 Å². The summed E-state index contributed by atoms with van der Waals surface area (Å²) in [5.74, 6) is 0.742. The molecular formula is C19H21BrN2O4. The molecule has 2 amide bonds. The summed E-state index contributed by atoms with van der Waals surface area (Å²) in [6.45, 7) is 4.65. The monoisotopic (exact) mass is 420 g/mol. The molecule has 0 atom stereocenters. The van der Waals surface area contributed by atoms with Crippen molar-refractivity contribution in [2.75, 3.05) is 13.7 Å². The van der Waals surface area contributed by atoms with Crippen molar-refractivity contribution < 1.29 is 19.1 Å². The Morgan fingerprint density at radius 2 is 1.69 bits per heavy atom. The summed E-state index contributed by atoms with van der Waals surface area (Å²) in [4.78, 5) is 24.4. The van der Waals surface area contributed by atoms with Gasteiger partial charge in [-0.1, -0.05) is 19.9 Å². The van der Waals surface area contributed by atoms with Gasteiger partial charge in [-0.25, -0.2) is 0 Å². The number of halogens is 1. The zero-order valence-corrected chi connectivity index (χ0v) is 16.4. The fourth-order valence-corrected chi connectivity index (χ4v) is 2.60. The van der Waals surface area contributed by atoms with Crippen LogP contribution in [-0.4, -0.2) is 25.5 Å². The number of ether oxygens (including phenoxy) is 2. The van der Waals surface area contributed by atoms with Gasteiger partial charge in [-0.2, -0.15) is 0 Å². The Hall–Kier alpha value is -2.54. The predicted molar refractivity (Wildman–Crippen MR) is 102 cm³/mol. The van der Waals surface area contributed by atoms with Gasteiger partial charge in [0.15, 0.2) is 0 Å². The molecule has 138 valence electrons. The Kier molecular flexibility index (Phi) is 7.03. The highest BCUT2D eigenvalue weighted by molar-refractivity contribution is 9.10. The lowest BCUT2D eigenvalue weighted by Crippen LogP contribution is -2.41. The highest BCUT2D eigenvalue weighted by Crippen LogP contribution is 2.25. The third-order valence-corrected chi connectivity index (χ3v) is 4.00. The first-order valence-corrected chi connectivity index (χ1v) is 8.87. The summed E-state index contributed by atoms with van der Waals surface area (Å²) < 4.78 is 11.4. The first-order chi connectivity index (χ1) is 12.4. The van der Waals surface area contributed by atoms with E-state index < -0.39 is 11.8 Å². The minimum Gasteiger partial charge on any atom is -0.496 e. The average Bonchev–Trinajstić information content (AvgIpc) is 2.64. The molecule has 0 saturated carbocycles. The maximum absolute atomic E-state index is 12.2. The van der Waals surface area contributed by atoms with E-state index in [-0.39, 0.29) is 0 Å². The van der Waals surface area contributed by atoms with Crippen molar-refractivity contribution in [1.82, 2.24) is 10.9 Å². The van der Waals surface area contributed by atoms with Crippen LogP contribution in [-0.2, 0) is 0 Å². The van der Waals surface area contributed by atoms with Gasteiger partial charge < -0.3 is 9.47 Å². The SMILES string of the molecule is COc1ccc(C(=O)NNC(=O)c2cccc(OCC(C)C)c2)cc1Br. The van der Waals surface area contributed by atoms with Crippen LogP contribution in [0.25, 0.3) is 0 Å². The molecule has 0 fully saturated rings. The van der Waals surface area contributed by atoms with Gasteiger partial charge in [0.25, 0.3) is 11.8 Å². The van der Waals surface area contributed by atoms with E-state index in [1.807, 2.05) is 13.8 Å². The summed E-state index contributed by atoms with van der Waals surface area (Å²) in [6, 6.07) is 11.7. The van der Waals surface area contributed by atoms with Crippen LogP contribution in [0.5, 0.6) is 11.5 Å². The molecule has 0 radical (unpaired) electrons. The van der Waals surface area contributed by atoms with Crippen LogP contribution in [0.1, 0.15) is 34.6 Å². The molecule has 0 aromatic heterocycles. The second-order valence-electron chi connectivity index (χ2n) is 5.99. The standard InChI is InChI=1S/C19H21BrN2O4/c1-12(2)11-26-15-6-4-5-13(9-15)18(23)21-22-19(24)14-7-8-17(25-3)16(20)10-14/h4-10,12H,11H2,1-3H3,(H,21,23)(H,22,24). The molecule has 7 heteroatoms. The van der Waals surface area contributed by atoms with E-state index >= 15 is 0 Å². The first kappa shape index (κ1) is 19.8. The van der Waals surface area contributed by atoms with Crippen LogP contribution < -0.4 is 20.3 Å². The van der Waals surface area contributed by atoms with Crippen LogP contribution in [0.2, 0.25) is 0 Å². The summed E-state index contributed by atoms with van der Waals surface area (Å²) in [7, 11) is 1.54. The molecule has 2 rings (SSSR count). The van der Waals surface area contributed by atoms with Gasteiger partial charge in [0.1, 0.15) is 11.5 Å². The quantitative estimate of drug-likeness (QED) is 0.700. The number of rotatable bonds is 6. The van der Waals surface area contributed by atoms with E-state index in [1.165, 1.54) is 0 Å². The third kappa shape index (κ3) is 5.49. The molecule has 0 aliphatic rings. The molecule has 2 aromatic rings. The van der Waals surface area contributed by atoms with E-state index in [2.05, 4.69) is 26.8 Å².